The van der Waals surface area contributed by atoms with E-state index in [0.29, 0.717) is 24.9 Å². The first-order valence-electron chi connectivity index (χ1n) is 7.45. The zero-order chi connectivity index (χ0) is 15.8. The Kier molecular flexibility index (Phi) is 3.58. The topological polar surface area (TPSA) is 103 Å². The Morgan fingerprint density at radius 1 is 1.43 bits per heavy atom. The molecule has 3 aromatic rings. The van der Waals surface area contributed by atoms with Crippen molar-refractivity contribution in [3.63, 3.8) is 0 Å². The van der Waals surface area contributed by atoms with E-state index in [1.165, 1.54) is 0 Å². The van der Waals surface area contributed by atoms with E-state index in [-0.39, 0.29) is 5.95 Å². The lowest BCUT2D eigenvalue weighted by molar-refractivity contribution is 0.193. The van der Waals surface area contributed by atoms with Gasteiger partial charge in [0.2, 0.25) is 10.9 Å². The number of anilines is 2. The molecule has 0 bridgehead atoms. The molecule has 9 heteroatoms. The van der Waals surface area contributed by atoms with Crippen molar-refractivity contribution in [3.8, 4) is 0 Å². The number of hydrogen-bond acceptors (Lipinski definition) is 8. The molecule has 0 radical (unpaired) electrons. The number of nitrogen functional groups attached to an aromatic ring is 1. The maximum absolute atomic E-state index is 5.83. The van der Waals surface area contributed by atoms with Gasteiger partial charge in [-0.2, -0.15) is 10.1 Å². The summed E-state index contributed by atoms with van der Waals surface area (Å²) in [5.41, 5.74) is 7.67. The maximum atomic E-state index is 5.83. The molecule has 1 aliphatic rings. The zero-order valence-electron chi connectivity index (χ0n) is 12.7. The van der Waals surface area contributed by atoms with Gasteiger partial charge < -0.3 is 15.8 Å². The highest BCUT2D eigenvalue weighted by Crippen LogP contribution is 2.25. The Labute approximate surface area is 136 Å². The van der Waals surface area contributed by atoms with Crippen molar-refractivity contribution in [1.82, 2.24) is 24.6 Å². The fourth-order valence-corrected chi connectivity index (χ4v) is 3.41. The summed E-state index contributed by atoms with van der Waals surface area (Å²) in [6, 6.07) is 1.94. The van der Waals surface area contributed by atoms with Crippen molar-refractivity contribution in [2.24, 2.45) is 0 Å². The smallest absolute Gasteiger partial charge is 0.222 e. The first-order valence-corrected chi connectivity index (χ1v) is 8.27. The second-order valence-electron chi connectivity index (χ2n) is 5.53. The number of nitrogens with zero attached hydrogens (tertiary/aromatic N) is 5. The number of aryl methyl sites for hydroxylation is 1. The Balaban J connectivity index is 1.50. The molecule has 4 rings (SSSR count). The van der Waals surface area contributed by atoms with Gasteiger partial charge in [0.1, 0.15) is 10.8 Å². The first kappa shape index (κ1) is 14.3. The third kappa shape index (κ3) is 2.97. The number of nitrogens with two attached hydrogens (primary N) is 1. The Morgan fingerprint density at radius 3 is 3.13 bits per heavy atom. The SMILES string of the molecule is Cc1nn2cc(CNc3cc([C@@H]4CCOC4)nc(N)n3)nc2s1. The maximum Gasteiger partial charge on any atom is 0.222 e. The van der Waals surface area contributed by atoms with E-state index in [9.17, 15) is 0 Å². The molecular formula is C14H17N7OS. The molecule has 3 N–H and O–H groups in total. The number of fused-ring (bicyclic) bond motifs is 1. The fourth-order valence-electron chi connectivity index (χ4n) is 2.66. The van der Waals surface area contributed by atoms with Gasteiger partial charge in [-0.25, -0.2) is 14.5 Å². The largest absolute Gasteiger partial charge is 0.381 e. The van der Waals surface area contributed by atoms with Crippen molar-refractivity contribution in [2.45, 2.75) is 25.8 Å². The number of aromatic nitrogens is 5. The number of imidazole rings is 1. The molecule has 0 amide bonds. The molecule has 1 fully saturated rings. The van der Waals surface area contributed by atoms with Crippen LogP contribution in [-0.2, 0) is 11.3 Å². The molecule has 1 atom stereocenters. The van der Waals surface area contributed by atoms with Gasteiger partial charge in [0.15, 0.2) is 0 Å². The third-order valence-corrected chi connectivity index (χ3v) is 4.59. The second kappa shape index (κ2) is 5.74. The number of hydrogen-bond donors (Lipinski definition) is 2. The second-order valence-corrected chi connectivity index (χ2v) is 6.69. The molecular weight excluding hydrogens is 314 g/mol. The number of ether oxygens (including phenoxy) is 1. The van der Waals surface area contributed by atoms with Crippen LogP contribution in [0.2, 0.25) is 0 Å². The minimum absolute atomic E-state index is 0.278. The summed E-state index contributed by atoms with van der Waals surface area (Å²) >= 11 is 1.57. The van der Waals surface area contributed by atoms with Crippen LogP contribution >= 0.6 is 11.3 Å². The van der Waals surface area contributed by atoms with E-state index in [2.05, 4.69) is 25.4 Å². The Bertz CT molecular complexity index is 805. The van der Waals surface area contributed by atoms with Gasteiger partial charge in [-0.05, 0) is 13.3 Å². The summed E-state index contributed by atoms with van der Waals surface area (Å²) in [4.78, 5) is 14.0. The average Bonchev–Trinajstić information content (AvgIpc) is 3.20. The first-order chi connectivity index (χ1) is 11.2. The van der Waals surface area contributed by atoms with Gasteiger partial charge in [0.05, 0.1) is 30.7 Å². The van der Waals surface area contributed by atoms with E-state index < -0.39 is 0 Å². The molecule has 0 unspecified atom stereocenters. The third-order valence-electron chi connectivity index (χ3n) is 3.76. The summed E-state index contributed by atoms with van der Waals surface area (Å²) in [5, 5.41) is 8.61. The number of nitrogens with one attached hydrogen (secondary N) is 1. The summed E-state index contributed by atoms with van der Waals surface area (Å²) < 4.78 is 7.21. The predicted molar refractivity (Wildman–Crippen MR) is 87.5 cm³/mol. The van der Waals surface area contributed by atoms with Gasteiger partial charge in [0, 0.05) is 18.6 Å². The van der Waals surface area contributed by atoms with Crippen molar-refractivity contribution < 1.29 is 4.74 Å². The normalized spacial score (nSPS) is 17.9. The Hall–Kier alpha value is -2.26. The zero-order valence-corrected chi connectivity index (χ0v) is 13.5. The van der Waals surface area contributed by atoms with E-state index in [1.54, 1.807) is 15.9 Å². The summed E-state index contributed by atoms with van der Waals surface area (Å²) in [6.07, 6.45) is 2.89. The molecule has 0 spiro atoms. The number of rotatable bonds is 4. The van der Waals surface area contributed by atoms with Gasteiger partial charge in [0.25, 0.3) is 0 Å². The minimum Gasteiger partial charge on any atom is -0.381 e. The highest BCUT2D eigenvalue weighted by Gasteiger charge is 2.20. The summed E-state index contributed by atoms with van der Waals surface area (Å²) in [5.74, 6) is 1.28. The van der Waals surface area contributed by atoms with Crippen LogP contribution < -0.4 is 11.1 Å². The standard InChI is InChI=1S/C14H17N7OS/c1-8-20-21-6-10(17-14(21)23-8)5-16-12-4-11(18-13(15)19-12)9-2-3-22-7-9/h4,6,9H,2-3,5,7H2,1H3,(H3,15,16,18,19)/t9-/m1/s1. The molecule has 0 aliphatic carbocycles. The van der Waals surface area contributed by atoms with Crippen LogP contribution in [0.3, 0.4) is 0 Å². The van der Waals surface area contributed by atoms with Crippen LogP contribution in [0.4, 0.5) is 11.8 Å². The van der Waals surface area contributed by atoms with Crippen molar-refractivity contribution in [1.29, 1.82) is 0 Å². The van der Waals surface area contributed by atoms with Gasteiger partial charge in [-0.3, -0.25) is 0 Å². The minimum atomic E-state index is 0.278. The van der Waals surface area contributed by atoms with E-state index in [0.717, 1.165) is 34.4 Å². The summed E-state index contributed by atoms with van der Waals surface area (Å²) in [7, 11) is 0. The Morgan fingerprint density at radius 2 is 2.35 bits per heavy atom. The molecule has 8 nitrogen and oxygen atoms in total. The van der Waals surface area contributed by atoms with Crippen LogP contribution in [-0.4, -0.2) is 37.8 Å². The van der Waals surface area contributed by atoms with Crippen molar-refractivity contribution in [2.75, 3.05) is 24.3 Å². The lowest BCUT2D eigenvalue weighted by atomic mass is 10.0. The lowest BCUT2D eigenvalue weighted by Crippen LogP contribution is -2.09. The van der Waals surface area contributed by atoms with Gasteiger partial charge in [-0.15, -0.1) is 0 Å². The molecule has 120 valence electrons. The highest BCUT2D eigenvalue weighted by atomic mass is 32.1. The van der Waals surface area contributed by atoms with E-state index in [4.69, 9.17) is 10.5 Å². The average molecular weight is 331 g/mol. The van der Waals surface area contributed by atoms with Gasteiger partial charge >= 0.3 is 0 Å². The monoisotopic (exact) mass is 331 g/mol. The van der Waals surface area contributed by atoms with Crippen LogP contribution in [0, 0.1) is 6.92 Å². The van der Waals surface area contributed by atoms with Crippen LogP contribution in [0.5, 0.6) is 0 Å². The molecule has 1 aliphatic heterocycles. The fraction of sp³-hybridized carbons (Fsp3) is 0.429. The molecule has 0 saturated carbocycles. The van der Waals surface area contributed by atoms with Crippen molar-refractivity contribution in [3.05, 3.63) is 28.7 Å². The predicted octanol–water partition coefficient (Wildman–Crippen LogP) is 1.59. The summed E-state index contributed by atoms with van der Waals surface area (Å²) in [6.45, 7) is 3.99. The quantitative estimate of drug-likeness (QED) is 0.748. The van der Waals surface area contributed by atoms with Crippen LogP contribution in [0.15, 0.2) is 12.3 Å². The molecule has 0 aromatic carbocycles. The van der Waals surface area contributed by atoms with Crippen LogP contribution in [0.1, 0.15) is 28.7 Å². The molecule has 4 heterocycles. The highest BCUT2D eigenvalue weighted by molar-refractivity contribution is 7.16. The van der Waals surface area contributed by atoms with Crippen LogP contribution in [0.25, 0.3) is 4.96 Å². The molecule has 1 saturated heterocycles. The lowest BCUT2D eigenvalue weighted by Gasteiger charge is -2.10. The molecule has 23 heavy (non-hydrogen) atoms. The van der Waals surface area contributed by atoms with E-state index >= 15 is 0 Å². The van der Waals surface area contributed by atoms with E-state index in [1.807, 2.05) is 19.2 Å². The molecule has 3 aromatic heterocycles. The van der Waals surface area contributed by atoms with Crippen molar-refractivity contribution >= 4 is 28.1 Å². The van der Waals surface area contributed by atoms with Gasteiger partial charge in [-0.1, -0.05) is 11.3 Å².